The maximum Gasteiger partial charge on any atom is 0.234 e. The lowest BCUT2D eigenvalue weighted by Crippen LogP contribution is -2.28. The molecule has 1 aliphatic heterocycles. The van der Waals surface area contributed by atoms with Gasteiger partial charge in [-0.3, -0.25) is 4.79 Å². The Morgan fingerprint density at radius 3 is 2.08 bits per heavy atom. The molecule has 130 valence electrons. The molecule has 1 spiro atoms. The molecule has 2 fully saturated rings. The van der Waals surface area contributed by atoms with Crippen molar-refractivity contribution >= 4 is 11.6 Å². The average Bonchev–Trinajstić information content (AvgIpc) is 3.37. The first kappa shape index (κ1) is 16.0. The van der Waals surface area contributed by atoms with Gasteiger partial charge in [-0.05, 0) is 60.2 Å². The van der Waals surface area contributed by atoms with E-state index in [0.29, 0.717) is 11.8 Å². The summed E-state index contributed by atoms with van der Waals surface area (Å²) < 4.78 is 10.5. The van der Waals surface area contributed by atoms with Crippen LogP contribution in [0, 0.1) is 11.3 Å². The molecular weight excluding hydrogens is 314 g/mol. The van der Waals surface area contributed by atoms with E-state index in [1.165, 1.54) is 5.56 Å². The second-order valence-electron chi connectivity index (χ2n) is 7.09. The molecule has 1 heterocycles. The van der Waals surface area contributed by atoms with E-state index in [9.17, 15) is 4.79 Å². The van der Waals surface area contributed by atoms with E-state index in [0.717, 1.165) is 30.2 Å². The highest BCUT2D eigenvalue weighted by Gasteiger charge is 2.68. The standard InChI is InChI=1S/C21H23NO3/c1-14-13-22(16-6-10-18(25-3)11-7-16)20(23)21(14)12-19(21)15-4-8-17(24-2)9-5-15/h4-11,14,19H,12-13H2,1-3H3/t14-,19-,21+/m1/s1. The maximum atomic E-state index is 13.2. The predicted molar refractivity (Wildman–Crippen MR) is 97.3 cm³/mol. The van der Waals surface area contributed by atoms with Crippen molar-refractivity contribution in [2.75, 3.05) is 25.7 Å². The zero-order chi connectivity index (χ0) is 17.6. The molecule has 0 aromatic heterocycles. The predicted octanol–water partition coefficient (Wildman–Crippen LogP) is 3.86. The summed E-state index contributed by atoms with van der Waals surface area (Å²) >= 11 is 0. The Labute approximate surface area is 148 Å². The van der Waals surface area contributed by atoms with Crippen LogP contribution in [-0.4, -0.2) is 26.7 Å². The summed E-state index contributed by atoms with van der Waals surface area (Å²) in [6.07, 6.45) is 0.936. The topological polar surface area (TPSA) is 38.8 Å². The largest absolute Gasteiger partial charge is 0.497 e. The van der Waals surface area contributed by atoms with Crippen LogP contribution >= 0.6 is 0 Å². The molecule has 2 aromatic rings. The SMILES string of the molecule is COc1ccc([C@H]2C[C@@]23C(=O)N(c2ccc(OC)cc2)C[C@H]3C)cc1. The van der Waals surface area contributed by atoms with E-state index < -0.39 is 0 Å². The van der Waals surface area contributed by atoms with Crippen LogP contribution in [0.3, 0.4) is 0 Å². The Morgan fingerprint density at radius 2 is 1.52 bits per heavy atom. The van der Waals surface area contributed by atoms with E-state index in [4.69, 9.17) is 9.47 Å². The van der Waals surface area contributed by atoms with Crippen LogP contribution in [0.15, 0.2) is 48.5 Å². The first-order valence-electron chi connectivity index (χ1n) is 8.70. The van der Waals surface area contributed by atoms with Crippen molar-refractivity contribution in [1.82, 2.24) is 0 Å². The maximum absolute atomic E-state index is 13.2. The Morgan fingerprint density at radius 1 is 0.960 bits per heavy atom. The Bertz CT molecular complexity index is 784. The average molecular weight is 337 g/mol. The van der Waals surface area contributed by atoms with Crippen LogP contribution in [0.2, 0.25) is 0 Å². The molecule has 4 heteroatoms. The summed E-state index contributed by atoms with van der Waals surface area (Å²) in [5, 5.41) is 0. The van der Waals surface area contributed by atoms with Gasteiger partial charge in [0.2, 0.25) is 5.91 Å². The molecule has 3 atom stereocenters. The summed E-state index contributed by atoms with van der Waals surface area (Å²) in [5.41, 5.74) is 1.95. The molecule has 4 rings (SSSR count). The Kier molecular flexibility index (Phi) is 3.71. The van der Waals surface area contributed by atoms with Crippen LogP contribution in [0.1, 0.15) is 24.8 Å². The highest BCUT2D eigenvalue weighted by atomic mass is 16.5. The van der Waals surface area contributed by atoms with E-state index in [-0.39, 0.29) is 11.3 Å². The van der Waals surface area contributed by atoms with E-state index in [2.05, 4.69) is 19.1 Å². The van der Waals surface area contributed by atoms with Gasteiger partial charge in [0.15, 0.2) is 0 Å². The third-order valence-corrected chi connectivity index (χ3v) is 5.88. The normalized spacial score (nSPS) is 27.6. The summed E-state index contributed by atoms with van der Waals surface area (Å²) in [4.78, 5) is 15.2. The summed E-state index contributed by atoms with van der Waals surface area (Å²) in [6, 6.07) is 15.9. The summed E-state index contributed by atoms with van der Waals surface area (Å²) in [5.74, 6) is 2.56. The van der Waals surface area contributed by atoms with Gasteiger partial charge in [0.05, 0.1) is 19.6 Å². The monoisotopic (exact) mass is 337 g/mol. The number of carbonyl (C=O) groups is 1. The van der Waals surface area contributed by atoms with Crippen LogP contribution < -0.4 is 14.4 Å². The van der Waals surface area contributed by atoms with Crippen molar-refractivity contribution in [1.29, 1.82) is 0 Å². The van der Waals surface area contributed by atoms with Crippen LogP contribution in [-0.2, 0) is 4.79 Å². The molecule has 2 aliphatic rings. The van der Waals surface area contributed by atoms with Gasteiger partial charge in [0.25, 0.3) is 0 Å². The molecule has 0 radical (unpaired) electrons. The molecule has 0 unspecified atom stereocenters. The number of anilines is 1. The first-order chi connectivity index (χ1) is 12.1. The number of hydrogen-bond donors (Lipinski definition) is 0. The minimum Gasteiger partial charge on any atom is -0.497 e. The number of carbonyl (C=O) groups excluding carboxylic acids is 1. The van der Waals surface area contributed by atoms with Gasteiger partial charge in [-0.15, -0.1) is 0 Å². The minimum absolute atomic E-state index is 0.242. The molecule has 0 N–H and O–H groups in total. The van der Waals surface area contributed by atoms with Crippen LogP contribution in [0.4, 0.5) is 5.69 Å². The number of rotatable bonds is 4. The van der Waals surface area contributed by atoms with Crippen molar-refractivity contribution in [2.24, 2.45) is 11.3 Å². The van der Waals surface area contributed by atoms with Gasteiger partial charge in [-0.1, -0.05) is 19.1 Å². The zero-order valence-corrected chi connectivity index (χ0v) is 14.9. The lowest BCUT2D eigenvalue weighted by molar-refractivity contribution is -0.122. The molecule has 2 aromatic carbocycles. The van der Waals surface area contributed by atoms with Gasteiger partial charge in [-0.2, -0.15) is 0 Å². The highest BCUT2D eigenvalue weighted by Crippen LogP contribution is 2.67. The number of benzene rings is 2. The third-order valence-electron chi connectivity index (χ3n) is 5.88. The van der Waals surface area contributed by atoms with Crippen molar-refractivity contribution in [3.05, 3.63) is 54.1 Å². The number of methoxy groups -OCH3 is 2. The fraction of sp³-hybridized carbons (Fsp3) is 0.381. The molecule has 25 heavy (non-hydrogen) atoms. The van der Waals surface area contributed by atoms with Crippen molar-refractivity contribution in [3.8, 4) is 11.5 Å². The number of ether oxygens (including phenoxy) is 2. The summed E-state index contributed by atoms with van der Waals surface area (Å²) in [7, 11) is 3.32. The smallest absolute Gasteiger partial charge is 0.234 e. The highest BCUT2D eigenvalue weighted by molar-refractivity contribution is 6.03. The van der Waals surface area contributed by atoms with Crippen molar-refractivity contribution < 1.29 is 14.3 Å². The molecule has 0 bridgehead atoms. The molecule has 1 saturated carbocycles. The molecular formula is C21H23NO3. The Balaban J connectivity index is 1.58. The summed E-state index contributed by atoms with van der Waals surface area (Å²) in [6.45, 7) is 2.97. The van der Waals surface area contributed by atoms with Crippen LogP contribution in [0.25, 0.3) is 0 Å². The third kappa shape index (κ3) is 2.39. The minimum atomic E-state index is -0.242. The number of hydrogen-bond acceptors (Lipinski definition) is 3. The molecule has 4 nitrogen and oxygen atoms in total. The van der Waals surface area contributed by atoms with E-state index in [1.54, 1.807) is 14.2 Å². The molecule has 1 amide bonds. The first-order valence-corrected chi connectivity index (χ1v) is 8.70. The van der Waals surface area contributed by atoms with Crippen molar-refractivity contribution in [2.45, 2.75) is 19.3 Å². The van der Waals surface area contributed by atoms with Gasteiger partial charge in [-0.25, -0.2) is 0 Å². The molecule has 1 saturated heterocycles. The van der Waals surface area contributed by atoms with Gasteiger partial charge in [0.1, 0.15) is 11.5 Å². The van der Waals surface area contributed by atoms with Crippen molar-refractivity contribution in [3.63, 3.8) is 0 Å². The van der Waals surface area contributed by atoms with E-state index in [1.807, 2.05) is 41.3 Å². The quantitative estimate of drug-likeness (QED) is 0.850. The van der Waals surface area contributed by atoms with Gasteiger partial charge >= 0.3 is 0 Å². The lowest BCUT2D eigenvalue weighted by atomic mass is 9.89. The van der Waals surface area contributed by atoms with Crippen LogP contribution in [0.5, 0.6) is 11.5 Å². The van der Waals surface area contributed by atoms with Gasteiger partial charge in [0, 0.05) is 12.2 Å². The second-order valence-corrected chi connectivity index (χ2v) is 7.09. The fourth-order valence-corrected chi connectivity index (χ4v) is 4.28. The van der Waals surface area contributed by atoms with Gasteiger partial charge < -0.3 is 14.4 Å². The lowest BCUT2D eigenvalue weighted by Gasteiger charge is -2.17. The number of amides is 1. The second kappa shape index (κ2) is 5.80. The van der Waals surface area contributed by atoms with E-state index >= 15 is 0 Å². The number of nitrogens with zero attached hydrogens (tertiary/aromatic N) is 1. The molecule has 1 aliphatic carbocycles. The fourth-order valence-electron chi connectivity index (χ4n) is 4.28. The zero-order valence-electron chi connectivity index (χ0n) is 14.9. The Hall–Kier alpha value is -2.49.